The summed E-state index contributed by atoms with van der Waals surface area (Å²) in [5.74, 6) is -1.20. The molecule has 0 bridgehead atoms. The zero-order valence-corrected chi connectivity index (χ0v) is 17.4. The van der Waals surface area contributed by atoms with Crippen LogP contribution in [0.2, 0.25) is 0 Å². The Balaban J connectivity index is 1.86. The molecule has 0 aliphatic heterocycles. The van der Waals surface area contributed by atoms with Gasteiger partial charge in [0.25, 0.3) is 5.91 Å². The second-order valence-electron chi connectivity index (χ2n) is 6.29. The quantitative estimate of drug-likeness (QED) is 0.453. The molecule has 1 heterocycles. The number of carbonyl (C=O) groups excluding carboxylic acids is 1. The second kappa shape index (κ2) is 10.4. The smallest absolute Gasteiger partial charge is 0.251 e. The average molecular weight is 440 g/mol. The fourth-order valence-electron chi connectivity index (χ4n) is 2.81. The number of amides is 1. The first-order valence-corrected chi connectivity index (χ1v) is 10.0. The minimum absolute atomic E-state index is 0.0118. The molecule has 2 aromatic carbocycles. The number of benzene rings is 2. The summed E-state index contributed by atoms with van der Waals surface area (Å²) in [6.07, 6.45) is 2.86. The van der Waals surface area contributed by atoms with Crippen molar-refractivity contribution in [2.24, 2.45) is 0 Å². The lowest BCUT2D eigenvalue weighted by atomic mass is 10.1. The standard InChI is InChI=1S/C23H18F2N2O3S/c1-29-22-13-16(4-8-21(22)30-11-10-26)5-9-23(28)27(15-18-3-2-12-31-18)20-7-6-17(24)14-19(20)25/h2-9,12-14H,11,15H2,1H3/b9-5+. The number of halogens is 2. The van der Waals surface area contributed by atoms with Crippen molar-refractivity contribution in [3.63, 3.8) is 0 Å². The number of ether oxygens (including phenoxy) is 2. The predicted molar refractivity (Wildman–Crippen MR) is 115 cm³/mol. The van der Waals surface area contributed by atoms with Crippen molar-refractivity contribution in [1.29, 1.82) is 5.26 Å². The second-order valence-corrected chi connectivity index (χ2v) is 7.32. The van der Waals surface area contributed by atoms with Crippen molar-refractivity contribution in [2.75, 3.05) is 18.6 Å². The van der Waals surface area contributed by atoms with Gasteiger partial charge in [0.1, 0.15) is 17.7 Å². The minimum atomic E-state index is -0.820. The van der Waals surface area contributed by atoms with Crippen LogP contribution in [-0.4, -0.2) is 19.6 Å². The van der Waals surface area contributed by atoms with E-state index in [1.165, 1.54) is 35.5 Å². The molecule has 0 aliphatic rings. The van der Waals surface area contributed by atoms with Gasteiger partial charge in [-0.1, -0.05) is 12.1 Å². The lowest BCUT2D eigenvalue weighted by Gasteiger charge is -2.21. The normalized spacial score (nSPS) is 10.6. The third-order valence-electron chi connectivity index (χ3n) is 4.26. The first-order chi connectivity index (χ1) is 15.0. The first kappa shape index (κ1) is 22.0. The largest absolute Gasteiger partial charge is 0.493 e. The lowest BCUT2D eigenvalue weighted by molar-refractivity contribution is -0.114. The van der Waals surface area contributed by atoms with Gasteiger partial charge < -0.3 is 14.4 Å². The zero-order chi connectivity index (χ0) is 22.2. The summed E-state index contributed by atoms with van der Waals surface area (Å²) < 4.78 is 38.3. The number of methoxy groups -OCH3 is 1. The van der Waals surface area contributed by atoms with Crippen LogP contribution in [0.25, 0.3) is 6.08 Å². The highest BCUT2D eigenvalue weighted by atomic mass is 32.1. The Morgan fingerprint density at radius 1 is 1.19 bits per heavy atom. The lowest BCUT2D eigenvalue weighted by Crippen LogP contribution is -2.29. The zero-order valence-electron chi connectivity index (χ0n) is 16.5. The maximum atomic E-state index is 14.4. The molecule has 158 valence electrons. The summed E-state index contributed by atoms with van der Waals surface area (Å²) in [7, 11) is 1.47. The number of carbonyl (C=O) groups is 1. The van der Waals surface area contributed by atoms with E-state index in [1.54, 1.807) is 24.3 Å². The fraction of sp³-hybridized carbons (Fsp3) is 0.130. The van der Waals surface area contributed by atoms with Crippen molar-refractivity contribution >= 4 is 29.0 Å². The van der Waals surface area contributed by atoms with Gasteiger partial charge in [-0.15, -0.1) is 11.3 Å². The maximum Gasteiger partial charge on any atom is 0.251 e. The molecule has 31 heavy (non-hydrogen) atoms. The van der Waals surface area contributed by atoms with Crippen molar-refractivity contribution in [3.8, 4) is 17.6 Å². The van der Waals surface area contributed by atoms with E-state index in [4.69, 9.17) is 14.7 Å². The molecule has 3 rings (SSSR count). The number of hydrogen-bond donors (Lipinski definition) is 0. The number of hydrogen-bond acceptors (Lipinski definition) is 5. The van der Waals surface area contributed by atoms with Gasteiger partial charge in [0.05, 0.1) is 19.3 Å². The highest BCUT2D eigenvalue weighted by Crippen LogP contribution is 2.29. The van der Waals surface area contributed by atoms with E-state index in [-0.39, 0.29) is 18.8 Å². The van der Waals surface area contributed by atoms with E-state index in [0.29, 0.717) is 17.1 Å². The van der Waals surface area contributed by atoms with Crippen molar-refractivity contribution in [1.82, 2.24) is 0 Å². The minimum Gasteiger partial charge on any atom is -0.493 e. The predicted octanol–water partition coefficient (Wildman–Crippen LogP) is 5.18. The van der Waals surface area contributed by atoms with E-state index in [2.05, 4.69) is 0 Å². The maximum absolute atomic E-state index is 14.4. The Morgan fingerprint density at radius 3 is 2.71 bits per heavy atom. The summed E-state index contributed by atoms with van der Waals surface area (Å²) in [5.41, 5.74) is 0.632. The van der Waals surface area contributed by atoms with E-state index in [9.17, 15) is 13.6 Å². The van der Waals surface area contributed by atoms with E-state index < -0.39 is 17.5 Å². The molecule has 0 saturated heterocycles. The van der Waals surface area contributed by atoms with E-state index in [1.807, 2.05) is 23.6 Å². The topological polar surface area (TPSA) is 62.6 Å². The highest BCUT2D eigenvalue weighted by molar-refractivity contribution is 7.09. The van der Waals surface area contributed by atoms with Gasteiger partial charge in [0.15, 0.2) is 18.1 Å². The van der Waals surface area contributed by atoms with Gasteiger partial charge in [-0.05, 0) is 47.4 Å². The SMILES string of the molecule is COc1cc(/C=C/C(=O)N(Cc2cccs2)c2ccc(F)cc2F)ccc1OCC#N. The molecular formula is C23H18F2N2O3S. The van der Waals surface area contributed by atoms with Gasteiger partial charge in [-0.25, -0.2) is 8.78 Å². The third-order valence-corrected chi connectivity index (χ3v) is 5.12. The molecule has 0 N–H and O–H groups in total. The number of nitriles is 1. The molecule has 0 atom stereocenters. The monoisotopic (exact) mass is 440 g/mol. The van der Waals surface area contributed by atoms with Gasteiger partial charge in [-0.2, -0.15) is 5.26 Å². The average Bonchev–Trinajstić information content (AvgIpc) is 3.28. The molecule has 3 aromatic rings. The van der Waals surface area contributed by atoms with E-state index >= 15 is 0 Å². The van der Waals surface area contributed by atoms with Crippen LogP contribution >= 0.6 is 11.3 Å². The number of thiophene rings is 1. The van der Waals surface area contributed by atoms with Crippen molar-refractivity contribution in [2.45, 2.75) is 6.54 Å². The van der Waals surface area contributed by atoms with Crippen LogP contribution in [0.4, 0.5) is 14.5 Å². The Hall–Kier alpha value is -3.70. The molecule has 0 saturated carbocycles. The molecule has 1 amide bonds. The number of anilines is 1. The molecule has 0 radical (unpaired) electrons. The summed E-state index contributed by atoms with van der Waals surface area (Å²) >= 11 is 1.43. The van der Waals surface area contributed by atoms with Crippen LogP contribution in [0.5, 0.6) is 11.5 Å². The van der Waals surface area contributed by atoms with Crippen molar-refractivity contribution < 1.29 is 23.0 Å². The van der Waals surface area contributed by atoms with E-state index in [0.717, 1.165) is 17.0 Å². The first-order valence-electron chi connectivity index (χ1n) is 9.16. The molecule has 0 fully saturated rings. The Morgan fingerprint density at radius 2 is 2.03 bits per heavy atom. The highest BCUT2D eigenvalue weighted by Gasteiger charge is 2.19. The summed E-state index contributed by atoms with van der Waals surface area (Å²) in [6.45, 7) is 0.0264. The molecule has 1 aromatic heterocycles. The fourth-order valence-corrected chi connectivity index (χ4v) is 3.51. The van der Waals surface area contributed by atoms with Gasteiger partial charge in [0, 0.05) is 17.0 Å². The van der Waals surface area contributed by atoms with Crippen LogP contribution in [0.15, 0.2) is 60.0 Å². The third kappa shape index (κ3) is 5.68. The Kier molecular flexibility index (Phi) is 7.35. The molecular weight excluding hydrogens is 422 g/mol. The molecule has 0 aliphatic carbocycles. The van der Waals surface area contributed by atoms with Crippen LogP contribution in [-0.2, 0) is 11.3 Å². The number of rotatable bonds is 8. The summed E-state index contributed by atoms with van der Waals surface area (Å²) in [5, 5.41) is 10.5. The van der Waals surface area contributed by atoms with Gasteiger partial charge in [-0.3, -0.25) is 4.79 Å². The summed E-state index contributed by atoms with van der Waals surface area (Å²) in [4.78, 5) is 15.0. The van der Waals surface area contributed by atoms with Gasteiger partial charge >= 0.3 is 0 Å². The molecule has 8 heteroatoms. The molecule has 5 nitrogen and oxygen atoms in total. The Bertz CT molecular complexity index is 1120. The van der Waals surface area contributed by atoms with Crippen LogP contribution in [0.3, 0.4) is 0 Å². The Labute approximate surface area is 182 Å². The van der Waals surface area contributed by atoms with Gasteiger partial charge in [0.2, 0.25) is 0 Å². The van der Waals surface area contributed by atoms with Crippen LogP contribution in [0.1, 0.15) is 10.4 Å². The molecule has 0 spiro atoms. The molecule has 0 unspecified atom stereocenters. The van der Waals surface area contributed by atoms with Crippen molar-refractivity contribution in [3.05, 3.63) is 82.1 Å². The van der Waals surface area contributed by atoms with Crippen LogP contribution < -0.4 is 14.4 Å². The summed E-state index contributed by atoms with van der Waals surface area (Å²) in [6, 6.07) is 13.6. The van der Waals surface area contributed by atoms with Crippen LogP contribution in [0, 0.1) is 23.0 Å². The number of nitrogens with zero attached hydrogens (tertiary/aromatic N) is 2.